The van der Waals surface area contributed by atoms with E-state index in [-0.39, 0.29) is 29.0 Å². The average Bonchev–Trinajstić information content (AvgIpc) is 3.39. The Morgan fingerprint density at radius 1 is 1.15 bits per heavy atom. The topological polar surface area (TPSA) is 179 Å². The van der Waals surface area contributed by atoms with Gasteiger partial charge in [-0.1, -0.05) is 0 Å². The number of thiazole rings is 1. The summed E-state index contributed by atoms with van der Waals surface area (Å²) in [7, 11) is 0. The summed E-state index contributed by atoms with van der Waals surface area (Å²) < 4.78 is 0. The van der Waals surface area contributed by atoms with Crippen LogP contribution in [0.4, 0.5) is 5.13 Å². The van der Waals surface area contributed by atoms with E-state index in [1.54, 1.807) is 18.2 Å². The number of fused-ring (bicyclic) bond motifs is 1. The molecule has 0 spiro atoms. The van der Waals surface area contributed by atoms with Gasteiger partial charge in [0.05, 0.1) is 0 Å². The second-order valence-electron chi connectivity index (χ2n) is 7.17. The van der Waals surface area contributed by atoms with Gasteiger partial charge in [-0.15, -0.1) is 11.3 Å². The number of hydrogen-bond acceptors (Lipinski definition) is 7. The summed E-state index contributed by atoms with van der Waals surface area (Å²) in [5.74, 6) is -2.12. The molecule has 1 aromatic carbocycles. The summed E-state index contributed by atoms with van der Waals surface area (Å²) in [6.07, 6.45) is 1.08. The van der Waals surface area contributed by atoms with Crippen LogP contribution in [-0.4, -0.2) is 58.4 Å². The predicted molar refractivity (Wildman–Crippen MR) is 124 cm³/mol. The number of nitrogens with zero attached hydrogens (tertiary/aromatic N) is 1. The van der Waals surface area contributed by atoms with E-state index in [1.165, 1.54) is 12.3 Å². The molecule has 0 saturated heterocycles. The summed E-state index contributed by atoms with van der Waals surface area (Å²) in [5, 5.41) is 19.7. The number of aromatic nitrogens is 2. The molecule has 3 amide bonds. The van der Waals surface area contributed by atoms with Crippen molar-refractivity contribution >= 4 is 51.1 Å². The van der Waals surface area contributed by atoms with Crippen molar-refractivity contribution in [2.75, 3.05) is 25.0 Å². The molecular formula is C21H24N6O5S. The maximum absolute atomic E-state index is 12.7. The fraction of sp³-hybridized carbons (Fsp3) is 0.286. The van der Waals surface area contributed by atoms with Gasteiger partial charge in [0, 0.05) is 41.9 Å². The highest BCUT2D eigenvalue weighted by atomic mass is 32.1. The summed E-state index contributed by atoms with van der Waals surface area (Å²) in [6, 6.07) is 4.86. The third-order valence-electron chi connectivity index (χ3n) is 4.75. The summed E-state index contributed by atoms with van der Waals surface area (Å²) in [6.45, 7) is 2.35. The number of rotatable bonds is 10. The maximum atomic E-state index is 12.7. The Bertz CT molecular complexity index is 1200. The third-order valence-corrected chi connectivity index (χ3v) is 5.51. The molecule has 0 fully saturated rings. The fourth-order valence-electron chi connectivity index (χ4n) is 3.22. The molecule has 0 aliphatic carbocycles. The zero-order chi connectivity index (χ0) is 24.0. The first-order valence-corrected chi connectivity index (χ1v) is 11.1. The van der Waals surface area contributed by atoms with Crippen LogP contribution in [0.15, 0.2) is 23.6 Å². The molecule has 3 rings (SSSR count). The van der Waals surface area contributed by atoms with Crippen LogP contribution in [0.2, 0.25) is 0 Å². The van der Waals surface area contributed by atoms with Gasteiger partial charge in [0.2, 0.25) is 5.91 Å². The van der Waals surface area contributed by atoms with Gasteiger partial charge in [0.1, 0.15) is 11.4 Å². The number of aromatic amines is 1. The second kappa shape index (κ2) is 10.7. The van der Waals surface area contributed by atoms with Crippen molar-refractivity contribution in [3.05, 3.63) is 46.1 Å². The zero-order valence-corrected chi connectivity index (χ0v) is 18.7. The maximum Gasteiger partial charge on any atom is 0.352 e. The summed E-state index contributed by atoms with van der Waals surface area (Å²) in [4.78, 5) is 54.3. The molecule has 2 heterocycles. The Morgan fingerprint density at radius 3 is 2.61 bits per heavy atom. The minimum atomic E-state index is -1.07. The average molecular weight is 473 g/mol. The first-order valence-electron chi connectivity index (χ1n) is 10.2. The van der Waals surface area contributed by atoms with Crippen LogP contribution in [0.1, 0.15) is 50.2 Å². The predicted octanol–water partition coefficient (Wildman–Crippen LogP) is 1.33. The van der Waals surface area contributed by atoms with Crippen LogP contribution < -0.4 is 21.7 Å². The summed E-state index contributed by atoms with van der Waals surface area (Å²) in [5.41, 5.74) is 7.35. The quantitative estimate of drug-likeness (QED) is 0.241. The first-order chi connectivity index (χ1) is 15.8. The number of H-pyrrole nitrogens is 1. The molecule has 0 radical (unpaired) electrons. The molecule has 7 N–H and O–H groups in total. The van der Waals surface area contributed by atoms with Crippen molar-refractivity contribution in [1.82, 2.24) is 20.6 Å². The molecule has 0 aliphatic heterocycles. The lowest BCUT2D eigenvalue weighted by Gasteiger charge is -2.04. The van der Waals surface area contributed by atoms with Gasteiger partial charge in [-0.2, -0.15) is 0 Å². The minimum absolute atomic E-state index is 0.0880. The molecular weight excluding hydrogens is 448 g/mol. The second-order valence-corrected chi connectivity index (χ2v) is 8.03. The lowest BCUT2D eigenvalue weighted by Crippen LogP contribution is -2.33. The Labute approximate surface area is 192 Å². The van der Waals surface area contributed by atoms with Crippen molar-refractivity contribution in [1.29, 1.82) is 0 Å². The summed E-state index contributed by atoms with van der Waals surface area (Å²) >= 11 is 1.10. The van der Waals surface area contributed by atoms with Crippen LogP contribution in [0, 0.1) is 0 Å². The van der Waals surface area contributed by atoms with Crippen LogP contribution in [0.5, 0.6) is 0 Å². The van der Waals surface area contributed by atoms with E-state index in [1.807, 2.05) is 0 Å². The Kier molecular flexibility index (Phi) is 7.74. The largest absolute Gasteiger partial charge is 0.477 e. The van der Waals surface area contributed by atoms with Crippen molar-refractivity contribution in [2.24, 2.45) is 5.73 Å². The third kappa shape index (κ3) is 5.93. The highest BCUT2D eigenvalue weighted by molar-refractivity contribution is 7.14. The van der Waals surface area contributed by atoms with Gasteiger partial charge >= 0.3 is 5.97 Å². The van der Waals surface area contributed by atoms with E-state index in [2.05, 4.69) is 25.9 Å². The molecule has 0 atom stereocenters. The smallest absolute Gasteiger partial charge is 0.352 e. The van der Waals surface area contributed by atoms with E-state index in [4.69, 9.17) is 5.73 Å². The number of aromatic carboxylic acids is 1. The van der Waals surface area contributed by atoms with Crippen LogP contribution >= 0.6 is 11.3 Å². The Balaban J connectivity index is 1.71. The van der Waals surface area contributed by atoms with Crippen molar-refractivity contribution in [2.45, 2.75) is 19.8 Å². The van der Waals surface area contributed by atoms with E-state index >= 15 is 0 Å². The Morgan fingerprint density at radius 2 is 1.91 bits per heavy atom. The van der Waals surface area contributed by atoms with Gasteiger partial charge in [-0.05, 0) is 43.1 Å². The number of carbonyl (C=O) groups excluding carboxylic acids is 3. The molecule has 174 valence electrons. The van der Waals surface area contributed by atoms with Gasteiger partial charge < -0.3 is 26.5 Å². The number of benzene rings is 1. The van der Waals surface area contributed by atoms with E-state index in [0.717, 1.165) is 11.3 Å². The van der Waals surface area contributed by atoms with E-state index in [0.29, 0.717) is 48.0 Å². The van der Waals surface area contributed by atoms with Gasteiger partial charge in [0.15, 0.2) is 5.13 Å². The number of anilines is 1. The highest BCUT2D eigenvalue weighted by Crippen LogP contribution is 2.26. The molecule has 0 saturated carbocycles. The fourth-order valence-corrected chi connectivity index (χ4v) is 3.91. The van der Waals surface area contributed by atoms with Crippen LogP contribution in [-0.2, 0) is 11.2 Å². The number of carboxylic acid groups (broad SMARTS) is 1. The van der Waals surface area contributed by atoms with E-state index in [9.17, 15) is 24.3 Å². The molecule has 0 bridgehead atoms. The van der Waals surface area contributed by atoms with Gasteiger partial charge in [0.25, 0.3) is 11.8 Å². The molecule has 0 unspecified atom stereocenters. The van der Waals surface area contributed by atoms with Gasteiger partial charge in [-0.25, -0.2) is 9.78 Å². The zero-order valence-electron chi connectivity index (χ0n) is 17.9. The van der Waals surface area contributed by atoms with E-state index < -0.39 is 17.8 Å². The number of hydrogen-bond donors (Lipinski definition) is 6. The first kappa shape index (κ1) is 23.9. The van der Waals surface area contributed by atoms with Crippen LogP contribution in [0.3, 0.4) is 0 Å². The number of amides is 3. The van der Waals surface area contributed by atoms with Gasteiger partial charge in [-0.3, -0.25) is 19.7 Å². The number of aryl methyl sites for hydroxylation is 1. The monoisotopic (exact) mass is 472 g/mol. The Hall–Kier alpha value is -3.77. The molecule has 33 heavy (non-hydrogen) atoms. The van der Waals surface area contributed by atoms with Crippen LogP contribution in [0.25, 0.3) is 10.9 Å². The van der Waals surface area contributed by atoms with Crippen molar-refractivity contribution < 1.29 is 24.3 Å². The number of nitrogens with two attached hydrogens (primary N) is 1. The SMILES string of the molecule is CC(=O)NCCNC(=O)c1csc(NC(=O)c2ccc3[nH]c(C(=O)O)c(CCCN)c3c2)n1. The molecule has 12 heteroatoms. The number of carbonyl (C=O) groups is 4. The van der Waals surface area contributed by atoms with Crippen molar-refractivity contribution in [3.63, 3.8) is 0 Å². The lowest BCUT2D eigenvalue weighted by molar-refractivity contribution is -0.118. The molecule has 11 nitrogen and oxygen atoms in total. The highest BCUT2D eigenvalue weighted by Gasteiger charge is 2.19. The molecule has 2 aromatic heterocycles. The lowest BCUT2D eigenvalue weighted by atomic mass is 10.0. The number of carboxylic acids is 1. The van der Waals surface area contributed by atoms with Crippen molar-refractivity contribution in [3.8, 4) is 0 Å². The molecule has 0 aliphatic rings. The normalized spacial score (nSPS) is 10.7. The number of nitrogens with one attached hydrogen (secondary N) is 4. The minimum Gasteiger partial charge on any atom is -0.477 e. The molecule has 3 aromatic rings. The standard InChI is InChI=1S/C21H24N6O5S/c1-11(28)23-7-8-24-19(30)16-10-33-21(26-16)27-18(29)12-4-5-15-14(9-12)13(3-2-6-22)17(25-15)20(31)32/h4-5,9-10,25H,2-3,6-8,22H2,1H3,(H,23,28)(H,24,30)(H,31,32)(H,26,27,29).